The van der Waals surface area contributed by atoms with E-state index in [9.17, 15) is 0 Å². The van der Waals surface area contributed by atoms with Crippen LogP contribution in [-0.2, 0) is 6.42 Å². The Hall–Kier alpha value is -1.28. The molecular weight excluding hydrogens is 298 g/mol. The fourth-order valence-electron chi connectivity index (χ4n) is 3.02. The predicted molar refractivity (Wildman–Crippen MR) is 104 cm³/mol. The molecule has 1 aliphatic heterocycles. The Morgan fingerprint density at radius 1 is 1.43 bits per heavy atom. The molecule has 0 N–H and O–H groups in total. The van der Waals surface area contributed by atoms with Crippen LogP contribution in [0.5, 0.6) is 0 Å². The van der Waals surface area contributed by atoms with Crippen LogP contribution in [0.25, 0.3) is 0 Å². The lowest BCUT2D eigenvalue weighted by Crippen LogP contribution is -2.34. The Morgan fingerprint density at radius 3 is 2.83 bits per heavy atom. The van der Waals surface area contributed by atoms with Gasteiger partial charge in [0.1, 0.15) is 0 Å². The number of fused-ring (bicyclic) bond motifs is 1. The van der Waals surface area contributed by atoms with Gasteiger partial charge in [-0.1, -0.05) is 52.5 Å². The van der Waals surface area contributed by atoms with E-state index in [0.717, 1.165) is 25.8 Å². The Labute approximate surface area is 146 Å². The van der Waals surface area contributed by atoms with E-state index in [1.807, 2.05) is 11.3 Å². The first kappa shape index (κ1) is 18.1. The fourth-order valence-corrected chi connectivity index (χ4v) is 3.92. The smallest absolute Gasteiger partial charge is 0.0763 e. The number of hydrogen-bond donors (Lipinski definition) is 0. The number of nitrogens with zero attached hydrogens (tertiary/aromatic N) is 1. The van der Waals surface area contributed by atoms with E-state index in [-0.39, 0.29) is 5.41 Å². The highest BCUT2D eigenvalue weighted by molar-refractivity contribution is 7.10. The van der Waals surface area contributed by atoms with Gasteiger partial charge in [0.25, 0.3) is 0 Å². The standard InChI is InChI=1S/C21H31NS/c1-7-17(4)22-14-11-19-18(12-15-23-19)20(22)16(3)10-9-13-21(5,6)8-2/h9-10,12-13,15,20H,4,7-8,11,14H2,1-3,5-6H3/b13-9-,16-10+. The van der Waals surface area contributed by atoms with Gasteiger partial charge in [-0.15, -0.1) is 11.3 Å². The minimum atomic E-state index is 0.267. The molecule has 0 spiro atoms. The largest absolute Gasteiger partial charge is 0.364 e. The van der Waals surface area contributed by atoms with Crippen molar-refractivity contribution in [3.63, 3.8) is 0 Å². The van der Waals surface area contributed by atoms with E-state index in [4.69, 9.17) is 0 Å². The summed E-state index contributed by atoms with van der Waals surface area (Å²) in [6, 6.07) is 2.66. The molecule has 0 fully saturated rings. The molecule has 0 aliphatic carbocycles. The van der Waals surface area contributed by atoms with Gasteiger partial charge in [0.15, 0.2) is 0 Å². The molecule has 2 heterocycles. The summed E-state index contributed by atoms with van der Waals surface area (Å²) in [6.07, 6.45) is 10.2. The molecular formula is C21H31NS. The molecule has 0 saturated carbocycles. The van der Waals surface area contributed by atoms with Crippen LogP contribution < -0.4 is 0 Å². The van der Waals surface area contributed by atoms with Crippen molar-refractivity contribution in [1.29, 1.82) is 0 Å². The fraction of sp³-hybridized carbons (Fsp3) is 0.524. The molecule has 126 valence electrons. The number of rotatable bonds is 6. The van der Waals surface area contributed by atoms with E-state index in [1.54, 1.807) is 4.88 Å². The lowest BCUT2D eigenvalue weighted by Gasteiger charge is -2.39. The van der Waals surface area contributed by atoms with Gasteiger partial charge in [-0.3, -0.25) is 0 Å². The molecule has 0 saturated heterocycles. The summed E-state index contributed by atoms with van der Waals surface area (Å²) in [7, 11) is 0. The van der Waals surface area contributed by atoms with Gasteiger partial charge < -0.3 is 4.90 Å². The van der Waals surface area contributed by atoms with Crippen LogP contribution in [-0.4, -0.2) is 11.4 Å². The molecule has 0 radical (unpaired) electrons. The SMILES string of the molecule is C=C(CC)N1CCc2sccc2C1/C(C)=C/C=C\C(C)(C)CC. The van der Waals surface area contributed by atoms with Gasteiger partial charge in [0, 0.05) is 17.1 Å². The summed E-state index contributed by atoms with van der Waals surface area (Å²) < 4.78 is 0. The lowest BCUT2D eigenvalue weighted by molar-refractivity contribution is 0.267. The maximum absolute atomic E-state index is 4.30. The summed E-state index contributed by atoms with van der Waals surface area (Å²) in [5, 5.41) is 2.24. The van der Waals surface area contributed by atoms with Crippen molar-refractivity contribution in [2.24, 2.45) is 5.41 Å². The highest BCUT2D eigenvalue weighted by Crippen LogP contribution is 2.39. The van der Waals surface area contributed by atoms with Crippen LogP contribution in [0.4, 0.5) is 0 Å². The first-order chi connectivity index (χ1) is 10.9. The number of hydrogen-bond acceptors (Lipinski definition) is 2. The topological polar surface area (TPSA) is 3.24 Å². The van der Waals surface area contributed by atoms with Crippen molar-refractivity contribution in [1.82, 2.24) is 4.90 Å². The van der Waals surface area contributed by atoms with Gasteiger partial charge >= 0.3 is 0 Å². The third-order valence-corrected chi connectivity index (χ3v) is 6.03. The number of allylic oxidation sites excluding steroid dienone is 4. The summed E-state index contributed by atoms with van der Waals surface area (Å²) >= 11 is 1.90. The highest BCUT2D eigenvalue weighted by atomic mass is 32.1. The minimum absolute atomic E-state index is 0.267. The van der Waals surface area contributed by atoms with Crippen LogP contribution in [0.2, 0.25) is 0 Å². The lowest BCUT2D eigenvalue weighted by atomic mass is 9.89. The van der Waals surface area contributed by atoms with E-state index < -0.39 is 0 Å². The van der Waals surface area contributed by atoms with Crippen molar-refractivity contribution in [3.05, 3.63) is 58.0 Å². The Morgan fingerprint density at radius 2 is 2.17 bits per heavy atom. The van der Waals surface area contributed by atoms with Crippen molar-refractivity contribution in [2.75, 3.05) is 6.54 Å². The molecule has 0 aromatic carbocycles. The van der Waals surface area contributed by atoms with Gasteiger partial charge in [-0.25, -0.2) is 0 Å². The predicted octanol–water partition coefficient (Wildman–Crippen LogP) is 6.51. The summed E-state index contributed by atoms with van der Waals surface area (Å²) in [4.78, 5) is 4.04. The third kappa shape index (κ3) is 4.17. The summed E-state index contributed by atoms with van der Waals surface area (Å²) in [6.45, 7) is 16.7. The monoisotopic (exact) mass is 329 g/mol. The van der Waals surface area contributed by atoms with Gasteiger partial charge in [0.05, 0.1) is 6.04 Å². The zero-order valence-electron chi connectivity index (χ0n) is 15.4. The summed E-state index contributed by atoms with van der Waals surface area (Å²) in [5.74, 6) is 0. The van der Waals surface area contributed by atoms with Crippen molar-refractivity contribution < 1.29 is 0 Å². The molecule has 1 aromatic rings. The van der Waals surface area contributed by atoms with E-state index >= 15 is 0 Å². The Balaban J connectivity index is 2.30. The maximum atomic E-state index is 4.30. The Bertz CT molecular complexity index is 603. The second-order valence-electron chi connectivity index (χ2n) is 7.18. The molecule has 0 bridgehead atoms. The molecule has 1 aliphatic rings. The average Bonchev–Trinajstić information content (AvgIpc) is 3.01. The van der Waals surface area contributed by atoms with E-state index in [2.05, 4.69) is 75.8 Å². The Kier molecular flexibility index (Phi) is 5.91. The first-order valence-corrected chi connectivity index (χ1v) is 9.64. The van der Waals surface area contributed by atoms with Crippen molar-refractivity contribution in [2.45, 2.75) is 59.9 Å². The first-order valence-electron chi connectivity index (χ1n) is 8.76. The average molecular weight is 330 g/mol. The van der Waals surface area contributed by atoms with Gasteiger partial charge in [0.2, 0.25) is 0 Å². The van der Waals surface area contributed by atoms with Crippen LogP contribution in [0, 0.1) is 5.41 Å². The summed E-state index contributed by atoms with van der Waals surface area (Å²) in [5.41, 5.74) is 4.40. The number of thiophene rings is 1. The second-order valence-corrected chi connectivity index (χ2v) is 8.18. The maximum Gasteiger partial charge on any atom is 0.0763 e. The molecule has 1 nitrogen and oxygen atoms in total. The molecule has 2 heteroatoms. The molecule has 1 unspecified atom stereocenters. The quantitative estimate of drug-likeness (QED) is 0.538. The van der Waals surface area contributed by atoms with E-state index in [0.29, 0.717) is 6.04 Å². The molecule has 0 amide bonds. The zero-order valence-corrected chi connectivity index (χ0v) is 16.2. The van der Waals surface area contributed by atoms with Crippen molar-refractivity contribution >= 4 is 11.3 Å². The molecule has 23 heavy (non-hydrogen) atoms. The van der Waals surface area contributed by atoms with Crippen LogP contribution >= 0.6 is 11.3 Å². The molecule has 1 atom stereocenters. The third-order valence-electron chi connectivity index (χ3n) is 5.03. The van der Waals surface area contributed by atoms with Crippen molar-refractivity contribution in [3.8, 4) is 0 Å². The van der Waals surface area contributed by atoms with Gasteiger partial charge in [-0.2, -0.15) is 0 Å². The van der Waals surface area contributed by atoms with Crippen LogP contribution in [0.15, 0.2) is 47.5 Å². The van der Waals surface area contributed by atoms with Crippen LogP contribution in [0.3, 0.4) is 0 Å². The normalized spacial score (nSPS) is 19.3. The second kappa shape index (κ2) is 7.53. The molecule has 2 rings (SSSR count). The minimum Gasteiger partial charge on any atom is -0.364 e. The van der Waals surface area contributed by atoms with Gasteiger partial charge in [-0.05, 0) is 54.2 Å². The highest BCUT2D eigenvalue weighted by Gasteiger charge is 2.29. The zero-order chi connectivity index (χ0) is 17.0. The van der Waals surface area contributed by atoms with E-state index in [1.165, 1.54) is 16.8 Å². The molecule has 1 aromatic heterocycles. The van der Waals surface area contributed by atoms with Crippen LogP contribution in [0.1, 0.15) is 63.9 Å².